The number of nitro benzene ring substituents is 2. The quantitative estimate of drug-likeness (QED) is 0.245. The first-order valence-corrected chi connectivity index (χ1v) is 11.3. The van der Waals surface area contributed by atoms with Crippen LogP contribution in [0.25, 0.3) is 0 Å². The van der Waals surface area contributed by atoms with E-state index in [4.69, 9.17) is 0 Å². The molecule has 2 aromatic carbocycles. The Morgan fingerprint density at radius 2 is 1.56 bits per heavy atom. The lowest BCUT2D eigenvalue weighted by molar-refractivity contribution is -0.385. The van der Waals surface area contributed by atoms with Crippen molar-refractivity contribution in [2.45, 2.75) is 26.2 Å². The van der Waals surface area contributed by atoms with E-state index in [1.165, 1.54) is 30.3 Å². The van der Waals surface area contributed by atoms with Crippen LogP contribution in [0.2, 0.25) is 0 Å². The molecular formula is C24H22N4O8. The highest BCUT2D eigenvalue weighted by Gasteiger charge is 2.52. The molecule has 1 aliphatic carbocycles. The summed E-state index contributed by atoms with van der Waals surface area (Å²) in [5, 5.41) is 23.6. The predicted molar refractivity (Wildman–Crippen MR) is 123 cm³/mol. The first-order valence-electron chi connectivity index (χ1n) is 11.3. The number of hydrogen-bond acceptors (Lipinski definition) is 8. The summed E-state index contributed by atoms with van der Waals surface area (Å²) < 4.78 is 0. The van der Waals surface area contributed by atoms with Crippen molar-refractivity contribution in [2.24, 2.45) is 17.8 Å². The van der Waals surface area contributed by atoms with E-state index in [0.717, 1.165) is 29.6 Å². The zero-order chi connectivity index (χ0) is 26.1. The number of nitrogens with zero attached hydrogens (tertiary/aromatic N) is 4. The second-order valence-electron chi connectivity index (χ2n) is 9.02. The van der Waals surface area contributed by atoms with Crippen LogP contribution in [0.4, 0.5) is 11.4 Å². The van der Waals surface area contributed by atoms with Gasteiger partial charge >= 0.3 is 0 Å². The summed E-state index contributed by atoms with van der Waals surface area (Å²) in [6.07, 6.45) is 1.70. The second kappa shape index (κ2) is 9.64. The maximum absolute atomic E-state index is 13.5. The number of hydrazine groups is 1. The Balaban J connectivity index is 1.70. The fourth-order valence-corrected chi connectivity index (χ4v) is 4.74. The van der Waals surface area contributed by atoms with Gasteiger partial charge in [0.1, 0.15) is 6.54 Å². The highest BCUT2D eigenvalue weighted by molar-refractivity contribution is 6.09. The summed E-state index contributed by atoms with van der Waals surface area (Å²) in [6, 6.07) is 9.44. The van der Waals surface area contributed by atoms with Gasteiger partial charge in [-0.15, -0.1) is 0 Å². The van der Waals surface area contributed by atoms with Crippen molar-refractivity contribution in [1.82, 2.24) is 10.0 Å². The van der Waals surface area contributed by atoms with Gasteiger partial charge < -0.3 is 0 Å². The molecule has 0 spiro atoms. The average molecular weight is 494 g/mol. The summed E-state index contributed by atoms with van der Waals surface area (Å²) in [4.78, 5) is 73.9. The van der Waals surface area contributed by atoms with E-state index in [1.807, 2.05) is 6.92 Å². The van der Waals surface area contributed by atoms with Gasteiger partial charge in [0.15, 0.2) is 5.78 Å². The Morgan fingerprint density at radius 1 is 0.917 bits per heavy atom. The standard InChI is InChI=1S/C24H22N4O8/c1-14-5-10-19-20(11-14)24(32)26(23(19)31)25(22(30)15-6-8-17(9-7-15)27(33)34)13-21(29)16-3-2-4-18(12-16)28(35)36/h2-4,6-9,12,14,19-20H,5,10-11,13H2,1H3/t14-,19+,20-/m1/s1. The third-order valence-electron chi connectivity index (χ3n) is 6.64. The van der Waals surface area contributed by atoms with E-state index in [2.05, 4.69) is 0 Å². The maximum Gasteiger partial charge on any atom is 0.273 e. The Bertz CT molecular complexity index is 1280. The molecule has 4 rings (SSSR count). The molecule has 1 saturated carbocycles. The number of hydrogen-bond donors (Lipinski definition) is 0. The van der Waals surface area contributed by atoms with E-state index in [-0.39, 0.29) is 28.4 Å². The van der Waals surface area contributed by atoms with Gasteiger partial charge in [0.25, 0.3) is 29.1 Å². The van der Waals surface area contributed by atoms with Crippen molar-refractivity contribution in [2.75, 3.05) is 6.54 Å². The minimum absolute atomic E-state index is 0.0729. The van der Waals surface area contributed by atoms with Crippen LogP contribution < -0.4 is 0 Å². The molecule has 1 aliphatic heterocycles. The molecule has 3 atom stereocenters. The number of non-ortho nitro benzene ring substituents is 2. The maximum atomic E-state index is 13.5. The molecule has 0 bridgehead atoms. The van der Waals surface area contributed by atoms with Crippen molar-refractivity contribution in [3.8, 4) is 0 Å². The summed E-state index contributed by atoms with van der Waals surface area (Å²) in [6.45, 7) is 1.24. The summed E-state index contributed by atoms with van der Waals surface area (Å²) in [7, 11) is 0. The number of Topliss-reactive ketones (excluding diaryl/α,β-unsaturated/α-hetero) is 1. The van der Waals surface area contributed by atoms with Crippen LogP contribution in [0.1, 0.15) is 46.9 Å². The molecule has 1 saturated heterocycles. The normalized spacial score (nSPS) is 21.1. The molecule has 1 heterocycles. The number of ketones is 1. The Hall–Kier alpha value is -4.48. The molecule has 0 N–H and O–H groups in total. The molecule has 186 valence electrons. The highest BCUT2D eigenvalue weighted by Crippen LogP contribution is 2.41. The van der Waals surface area contributed by atoms with Crippen LogP contribution in [-0.2, 0) is 9.59 Å². The van der Waals surface area contributed by atoms with E-state index in [1.54, 1.807) is 0 Å². The zero-order valence-corrected chi connectivity index (χ0v) is 19.2. The summed E-state index contributed by atoms with van der Waals surface area (Å²) in [5.74, 6) is -3.77. The molecule has 12 nitrogen and oxygen atoms in total. The fraction of sp³-hybridized carbons (Fsp3) is 0.333. The van der Waals surface area contributed by atoms with Crippen LogP contribution in [0.15, 0.2) is 48.5 Å². The van der Waals surface area contributed by atoms with Crippen molar-refractivity contribution >= 4 is 34.9 Å². The van der Waals surface area contributed by atoms with Gasteiger partial charge in [-0.1, -0.05) is 19.1 Å². The van der Waals surface area contributed by atoms with Crippen molar-refractivity contribution in [1.29, 1.82) is 0 Å². The molecule has 2 aromatic rings. The molecular weight excluding hydrogens is 472 g/mol. The molecule has 12 heteroatoms. The number of nitro groups is 2. The molecule has 2 fully saturated rings. The van der Waals surface area contributed by atoms with Gasteiger partial charge in [-0.05, 0) is 37.3 Å². The first-order chi connectivity index (χ1) is 17.1. The van der Waals surface area contributed by atoms with Crippen LogP contribution in [-0.4, -0.2) is 49.9 Å². The minimum atomic E-state index is -0.878. The van der Waals surface area contributed by atoms with Crippen LogP contribution >= 0.6 is 0 Å². The van der Waals surface area contributed by atoms with E-state index < -0.39 is 51.7 Å². The average Bonchev–Trinajstić information content (AvgIpc) is 3.11. The Morgan fingerprint density at radius 3 is 2.19 bits per heavy atom. The molecule has 36 heavy (non-hydrogen) atoms. The van der Waals surface area contributed by atoms with Gasteiger partial charge in [0.05, 0.1) is 21.7 Å². The number of benzene rings is 2. The molecule has 2 aliphatic rings. The lowest BCUT2D eigenvalue weighted by Gasteiger charge is -2.30. The number of imide groups is 1. The van der Waals surface area contributed by atoms with E-state index >= 15 is 0 Å². The molecule has 0 radical (unpaired) electrons. The monoisotopic (exact) mass is 494 g/mol. The number of carbonyl (C=O) groups is 4. The highest BCUT2D eigenvalue weighted by atomic mass is 16.6. The van der Waals surface area contributed by atoms with Gasteiger partial charge in [-0.25, -0.2) is 5.01 Å². The largest absolute Gasteiger partial charge is 0.292 e. The van der Waals surface area contributed by atoms with Gasteiger partial charge in [-0.2, -0.15) is 5.01 Å². The SMILES string of the molecule is C[C@@H]1CC[C@@H]2C(=O)N(N(CC(=O)c3cccc([N+](=O)[O-])c3)C(=O)c3ccc([N+](=O)[O-])cc3)C(=O)[C@@H]2C1. The Labute approximate surface area is 204 Å². The third-order valence-corrected chi connectivity index (χ3v) is 6.64. The molecule has 3 amide bonds. The van der Waals surface area contributed by atoms with E-state index in [0.29, 0.717) is 17.9 Å². The van der Waals surface area contributed by atoms with Gasteiger partial charge in [0.2, 0.25) is 0 Å². The minimum Gasteiger partial charge on any atom is -0.292 e. The number of rotatable bonds is 7. The van der Waals surface area contributed by atoms with Crippen LogP contribution in [0.3, 0.4) is 0 Å². The smallest absolute Gasteiger partial charge is 0.273 e. The summed E-state index contributed by atoms with van der Waals surface area (Å²) >= 11 is 0. The molecule has 0 aromatic heterocycles. The van der Waals surface area contributed by atoms with Crippen LogP contribution in [0.5, 0.6) is 0 Å². The Kier molecular flexibility index (Phi) is 6.60. The third kappa shape index (κ3) is 4.57. The number of amides is 3. The van der Waals surface area contributed by atoms with Gasteiger partial charge in [-0.3, -0.25) is 39.4 Å². The summed E-state index contributed by atoms with van der Waals surface area (Å²) in [5.41, 5.74) is -0.742. The van der Waals surface area contributed by atoms with Crippen molar-refractivity contribution < 1.29 is 29.0 Å². The van der Waals surface area contributed by atoms with E-state index in [9.17, 15) is 39.4 Å². The predicted octanol–water partition coefficient (Wildman–Crippen LogP) is 3.16. The zero-order valence-electron chi connectivity index (χ0n) is 19.2. The van der Waals surface area contributed by atoms with Crippen LogP contribution in [0, 0.1) is 38.0 Å². The van der Waals surface area contributed by atoms with Crippen molar-refractivity contribution in [3.63, 3.8) is 0 Å². The lowest BCUT2D eigenvalue weighted by Crippen LogP contribution is -2.52. The first kappa shape index (κ1) is 24.6. The molecule has 0 unspecified atom stereocenters. The lowest BCUT2D eigenvalue weighted by atomic mass is 9.76. The second-order valence-corrected chi connectivity index (χ2v) is 9.02. The topological polar surface area (TPSA) is 161 Å². The van der Waals surface area contributed by atoms with Gasteiger partial charge in [0, 0.05) is 35.4 Å². The van der Waals surface area contributed by atoms with Crippen molar-refractivity contribution in [3.05, 3.63) is 79.9 Å². The fourth-order valence-electron chi connectivity index (χ4n) is 4.74. The number of carbonyl (C=O) groups excluding carboxylic acids is 4. The number of fused-ring (bicyclic) bond motifs is 1.